The summed E-state index contributed by atoms with van der Waals surface area (Å²) in [6, 6.07) is 15.1. The molecule has 7 heteroatoms. The number of ether oxygens (including phenoxy) is 1. The number of benzene rings is 2. The van der Waals surface area contributed by atoms with Gasteiger partial charge in [0.15, 0.2) is 0 Å². The topological polar surface area (TPSA) is 91.9 Å². The molecule has 0 spiro atoms. The van der Waals surface area contributed by atoms with Gasteiger partial charge in [-0.15, -0.1) is 0 Å². The van der Waals surface area contributed by atoms with Crippen LogP contribution in [0.5, 0.6) is 5.75 Å². The van der Waals surface area contributed by atoms with Crippen LogP contribution in [0.4, 0.5) is 0 Å². The fourth-order valence-corrected chi connectivity index (χ4v) is 2.90. The molecule has 2 aromatic carbocycles. The van der Waals surface area contributed by atoms with Crippen LogP contribution in [0.25, 0.3) is 11.0 Å². The normalized spacial score (nSPS) is 12.0. The fraction of sp³-hybridized carbons (Fsp3) is 0.250. The predicted molar refractivity (Wildman–Crippen MR) is 103 cm³/mol. The number of nitrogens with one attached hydrogen (secondary N) is 1. The van der Waals surface area contributed by atoms with Gasteiger partial charge in [0, 0.05) is 5.39 Å². The molecule has 0 radical (unpaired) electrons. The second kappa shape index (κ2) is 8.75. The summed E-state index contributed by atoms with van der Waals surface area (Å²) in [7, 11) is -1.68. The zero-order valence-electron chi connectivity index (χ0n) is 15.1. The summed E-state index contributed by atoms with van der Waals surface area (Å²) in [5, 5.41) is 22.8. The van der Waals surface area contributed by atoms with Crippen LogP contribution in [0.3, 0.4) is 0 Å². The number of aryl methyl sites for hydroxylation is 1. The van der Waals surface area contributed by atoms with E-state index < -0.39 is 13.1 Å². The van der Waals surface area contributed by atoms with Gasteiger partial charge in [-0.1, -0.05) is 30.3 Å². The van der Waals surface area contributed by atoms with Crippen molar-refractivity contribution in [2.24, 2.45) is 0 Å². The average Bonchev–Trinajstić information content (AvgIpc) is 3.04. The maximum atomic E-state index is 12.2. The summed E-state index contributed by atoms with van der Waals surface area (Å²) in [6.07, 6.45) is 1.94. The van der Waals surface area contributed by atoms with Crippen molar-refractivity contribution in [3.05, 3.63) is 65.9 Å². The van der Waals surface area contributed by atoms with Crippen molar-refractivity contribution in [3.8, 4) is 5.75 Å². The van der Waals surface area contributed by atoms with Gasteiger partial charge < -0.3 is 24.5 Å². The van der Waals surface area contributed by atoms with Gasteiger partial charge in [0.05, 0.1) is 25.2 Å². The molecule has 0 bridgehead atoms. The van der Waals surface area contributed by atoms with Crippen molar-refractivity contribution in [2.45, 2.75) is 25.7 Å². The first-order valence-electron chi connectivity index (χ1n) is 8.83. The molecule has 0 aliphatic rings. The van der Waals surface area contributed by atoms with Crippen LogP contribution in [0.15, 0.2) is 59.2 Å². The largest absolute Gasteiger partial charge is 0.493 e. The van der Waals surface area contributed by atoms with Crippen LogP contribution in [0, 0.1) is 6.92 Å². The summed E-state index contributed by atoms with van der Waals surface area (Å²) in [6.45, 7) is 2.17. The third-order valence-electron chi connectivity index (χ3n) is 4.29. The quantitative estimate of drug-likeness (QED) is 0.531. The molecular formula is C20H22BNO5. The summed E-state index contributed by atoms with van der Waals surface area (Å²) in [5.74, 6) is -0.447. The minimum absolute atomic E-state index is 0.114. The Balaban J connectivity index is 1.55. The Hall–Kier alpha value is -2.77. The summed E-state index contributed by atoms with van der Waals surface area (Å²) in [5.41, 5.74) is 2.60. The number of hydrogen-bond acceptors (Lipinski definition) is 5. The lowest BCUT2D eigenvalue weighted by molar-refractivity contribution is -0.122. The highest BCUT2D eigenvalue weighted by Gasteiger charge is 2.26. The second-order valence-electron chi connectivity index (χ2n) is 6.46. The molecule has 1 unspecified atom stereocenters. The number of carbonyl (C=O) groups excluding carboxylic acids is 1. The predicted octanol–water partition coefficient (Wildman–Crippen LogP) is 2.25. The lowest BCUT2D eigenvalue weighted by Gasteiger charge is -2.17. The molecule has 0 fully saturated rings. The zero-order valence-corrected chi connectivity index (χ0v) is 15.1. The molecule has 3 rings (SSSR count). The van der Waals surface area contributed by atoms with Crippen molar-refractivity contribution in [3.63, 3.8) is 0 Å². The SMILES string of the molecule is Cc1cccc(OCCC(=O)NC(Cc2coc3ccccc23)B(O)O)c1. The van der Waals surface area contributed by atoms with Gasteiger partial charge in [0.1, 0.15) is 11.3 Å². The van der Waals surface area contributed by atoms with Crippen molar-refractivity contribution in [1.82, 2.24) is 5.32 Å². The monoisotopic (exact) mass is 367 g/mol. The van der Waals surface area contributed by atoms with Gasteiger partial charge in [-0.3, -0.25) is 4.79 Å². The number of amides is 1. The van der Waals surface area contributed by atoms with E-state index in [0.29, 0.717) is 5.75 Å². The van der Waals surface area contributed by atoms with E-state index in [1.165, 1.54) is 0 Å². The Morgan fingerprint density at radius 1 is 1.22 bits per heavy atom. The number of fused-ring (bicyclic) bond motifs is 1. The van der Waals surface area contributed by atoms with Gasteiger partial charge in [-0.05, 0) is 42.7 Å². The average molecular weight is 367 g/mol. The number of rotatable bonds is 8. The van der Waals surface area contributed by atoms with E-state index in [9.17, 15) is 14.8 Å². The standard InChI is InChI=1S/C20H22BNO5/c1-14-5-4-6-16(11-14)26-10-9-20(23)22-19(21(24)25)12-15-13-27-18-8-3-2-7-17(15)18/h2-8,11,13,19,24-25H,9-10,12H2,1H3,(H,22,23). The van der Waals surface area contributed by atoms with Crippen molar-refractivity contribution in [2.75, 3.05) is 6.61 Å². The minimum atomic E-state index is -1.68. The van der Waals surface area contributed by atoms with Gasteiger partial charge >= 0.3 is 7.12 Å². The number of para-hydroxylation sites is 1. The van der Waals surface area contributed by atoms with Crippen molar-refractivity contribution < 1.29 is 24.0 Å². The molecule has 3 N–H and O–H groups in total. The highest BCUT2D eigenvalue weighted by atomic mass is 16.5. The van der Waals surface area contributed by atoms with E-state index in [-0.39, 0.29) is 25.4 Å². The molecule has 1 aromatic heterocycles. The maximum Gasteiger partial charge on any atom is 0.475 e. The Morgan fingerprint density at radius 3 is 2.81 bits per heavy atom. The molecule has 0 saturated carbocycles. The van der Waals surface area contributed by atoms with Gasteiger partial charge in [0.2, 0.25) is 5.91 Å². The highest BCUT2D eigenvalue weighted by Crippen LogP contribution is 2.22. The summed E-state index contributed by atoms with van der Waals surface area (Å²) < 4.78 is 11.0. The molecule has 3 aromatic rings. The van der Waals surface area contributed by atoms with E-state index in [0.717, 1.165) is 22.1 Å². The molecular weight excluding hydrogens is 345 g/mol. The van der Waals surface area contributed by atoms with E-state index in [1.807, 2.05) is 55.5 Å². The molecule has 0 saturated heterocycles. The molecule has 140 valence electrons. The fourth-order valence-electron chi connectivity index (χ4n) is 2.90. The summed E-state index contributed by atoms with van der Waals surface area (Å²) in [4.78, 5) is 12.2. The second-order valence-corrected chi connectivity index (χ2v) is 6.46. The Bertz CT molecular complexity index is 908. The first-order valence-corrected chi connectivity index (χ1v) is 8.83. The van der Waals surface area contributed by atoms with Crippen molar-refractivity contribution in [1.29, 1.82) is 0 Å². The Morgan fingerprint density at radius 2 is 2.04 bits per heavy atom. The zero-order chi connectivity index (χ0) is 19.2. The Kier molecular flexibility index (Phi) is 6.16. The summed E-state index contributed by atoms with van der Waals surface area (Å²) >= 11 is 0. The Labute approximate surface area is 157 Å². The molecule has 0 aliphatic heterocycles. The van der Waals surface area contributed by atoms with Gasteiger partial charge in [-0.2, -0.15) is 0 Å². The minimum Gasteiger partial charge on any atom is -0.493 e. The lowest BCUT2D eigenvalue weighted by atomic mass is 9.76. The van der Waals surface area contributed by atoms with Crippen LogP contribution in [0.2, 0.25) is 0 Å². The van der Waals surface area contributed by atoms with E-state index >= 15 is 0 Å². The molecule has 0 aliphatic carbocycles. The maximum absolute atomic E-state index is 12.2. The number of furan rings is 1. The molecule has 27 heavy (non-hydrogen) atoms. The van der Waals surface area contributed by atoms with Gasteiger partial charge in [-0.25, -0.2) is 0 Å². The molecule has 6 nitrogen and oxygen atoms in total. The first kappa shape index (κ1) is 19.0. The van der Waals surface area contributed by atoms with E-state index in [4.69, 9.17) is 9.15 Å². The third kappa shape index (κ3) is 5.12. The van der Waals surface area contributed by atoms with Crippen LogP contribution < -0.4 is 10.1 Å². The molecule has 1 atom stereocenters. The number of hydrogen-bond donors (Lipinski definition) is 3. The molecule has 1 heterocycles. The number of carbonyl (C=O) groups is 1. The van der Waals surface area contributed by atoms with Crippen LogP contribution in [0.1, 0.15) is 17.5 Å². The van der Waals surface area contributed by atoms with E-state index in [1.54, 1.807) is 6.26 Å². The van der Waals surface area contributed by atoms with Crippen LogP contribution in [-0.4, -0.2) is 35.6 Å². The van der Waals surface area contributed by atoms with Gasteiger partial charge in [0.25, 0.3) is 0 Å². The smallest absolute Gasteiger partial charge is 0.475 e. The first-order chi connectivity index (χ1) is 13.0. The van der Waals surface area contributed by atoms with E-state index in [2.05, 4.69) is 5.32 Å². The van der Waals surface area contributed by atoms with Crippen molar-refractivity contribution >= 4 is 24.0 Å². The van der Waals surface area contributed by atoms with Crippen LogP contribution in [-0.2, 0) is 11.2 Å². The lowest BCUT2D eigenvalue weighted by Crippen LogP contribution is -2.48. The third-order valence-corrected chi connectivity index (χ3v) is 4.29. The highest BCUT2D eigenvalue weighted by molar-refractivity contribution is 6.43. The van der Waals surface area contributed by atoms with Crippen LogP contribution >= 0.6 is 0 Å². The molecule has 1 amide bonds.